The fourth-order valence-corrected chi connectivity index (χ4v) is 11.9. The molecule has 3 saturated heterocycles. The summed E-state index contributed by atoms with van der Waals surface area (Å²) in [4.78, 5) is 96.3. The van der Waals surface area contributed by atoms with Gasteiger partial charge >= 0.3 is 5.97 Å². The molecule has 1 aromatic carbocycles. The number of rotatable bonds is 27. The van der Waals surface area contributed by atoms with Crippen LogP contribution < -0.4 is 5.32 Å². The number of benzene rings is 1. The summed E-state index contributed by atoms with van der Waals surface area (Å²) >= 11 is 0. The summed E-state index contributed by atoms with van der Waals surface area (Å²) in [6.07, 6.45) is 5.78. The van der Waals surface area contributed by atoms with Gasteiger partial charge in [0.2, 0.25) is 11.8 Å². The number of hydrogen-bond donors (Lipinski definition) is 1. The van der Waals surface area contributed by atoms with Gasteiger partial charge in [0.25, 0.3) is 5.91 Å². The Hall–Kier alpha value is -3.76. The number of methoxy groups -OCH3 is 2. The molecular weight excluding hydrogens is 891 g/mol. The maximum absolute atomic E-state index is 14.7. The molecule has 70 heavy (non-hydrogen) atoms. The lowest BCUT2D eigenvalue weighted by molar-refractivity contribution is -0.203. The van der Waals surface area contributed by atoms with Crippen LogP contribution in [0.1, 0.15) is 143 Å². The molecule has 1 aromatic rings. The van der Waals surface area contributed by atoms with Crippen LogP contribution in [0.3, 0.4) is 0 Å². The number of ketones is 2. The Morgan fingerprint density at radius 3 is 2.16 bits per heavy atom. The van der Waals surface area contributed by atoms with E-state index in [1.807, 2.05) is 81.8 Å². The van der Waals surface area contributed by atoms with Gasteiger partial charge in [-0.3, -0.25) is 38.5 Å². The number of likely N-dealkylation sites (N-methyl/N-ethyl adjacent to an activating group) is 2. The molecular formula is C55H89N5O10. The molecule has 1 N–H and O–H groups in total. The molecule has 3 amide bonds. The fraction of sp³-hybridized carbons (Fsp3) is 0.782. The Morgan fingerprint density at radius 2 is 1.56 bits per heavy atom. The first-order valence-electron chi connectivity index (χ1n) is 26.7. The minimum atomic E-state index is -0.896. The van der Waals surface area contributed by atoms with Crippen LogP contribution in [0, 0.1) is 35.0 Å². The predicted molar refractivity (Wildman–Crippen MR) is 269 cm³/mol. The van der Waals surface area contributed by atoms with Gasteiger partial charge in [-0.05, 0) is 107 Å². The number of hydrogen-bond acceptors (Lipinski definition) is 12. The van der Waals surface area contributed by atoms with Crippen molar-refractivity contribution in [3.05, 3.63) is 35.9 Å². The summed E-state index contributed by atoms with van der Waals surface area (Å²) in [6, 6.07) is 8.64. The van der Waals surface area contributed by atoms with Crippen LogP contribution in [0.25, 0.3) is 0 Å². The van der Waals surface area contributed by atoms with Crippen molar-refractivity contribution >= 4 is 35.3 Å². The van der Waals surface area contributed by atoms with Crippen molar-refractivity contribution in [2.24, 2.45) is 35.0 Å². The molecule has 4 fully saturated rings. The summed E-state index contributed by atoms with van der Waals surface area (Å²) in [5.74, 6) is -2.21. The largest absolute Gasteiger partial charge is 0.462 e. The van der Waals surface area contributed by atoms with Crippen molar-refractivity contribution in [2.45, 2.75) is 174 Å². The Labute approximate surface area is 419 Å². The lowest BCUT2D eigenvalue weighted by Gasteiger charge is -2.41. The lowest BCUT2D eigenvalue weighted by atomic mass is 9.83. The number of piperidine rings is 1. The van der Waals surface area contributed by atoms with E-state index in [0.717, 1.165) is 57.2 Å². The second kappa shape index (κ2) is 26.8. The summed E-state index contributed by atoms with van der Waals surface area (Å²) in [7, 11) is 6.86. The average Bonchev–Trinajstić information content (AvgIpc) is 3.87. The molecule has 3 aliphatic heterocycles. The first-order chi connectivity index (χ1) is 33.4. The normalized spacial score (nSPS) is 23.9. The van der Waals surface area contributed by atoms with Gasteiger partial charge in [-0.25, -0.2) is 5.06 Å². The van der Waals surface area contributed by atoms with Gasteiger partial charge in [-0.1, -0.05) is 85.2 Å². The zero-order valence-electron chi connectivity index (χ0n) is 44.6. The molecule has 0 unspecified atom stereocenters. The topological polar surface area (TPSA) is 164 Å². The third-order valence-corrected chi connectivity index (χ3v) is 16.2. The molecule has 1 saturated carbocycles. The Morgan fingerprint density at radius 1 is 0.857 bits per heavy atom. The molecule has 0 aromatic heterocycles. The van der Waals surface area contributed by atoms with E-state index >= 15 is 0 Å². The first-order valence-corrected chi connectivity index (χ1v) is 26.7. The number of ether oxygens (including phenoxy) is 3. The molecule has 0 radical (unpaired) electrons. The molecule has 15 nitrogen and oxygen atoms in total. The molecule has 394 valence electrons. The van der Waals surface area contributed by atoms with E-state index in [1.54, 1.807) is 26.2 Å². The van der Waals surface area contributed by atoms with Crippen molar-refractivity contribution in [1.82, 2.24) is 25.1 Å². The van der Waals surface area contributed by atoms with Crippen molar-refractivity contribution in [2.75, 3.05) is 67.6 Å². The number of amides is 3. The molecule has 10 atom stereocenters. The molecule has 4 aliphatic rings. The van der Waals surface area contributed by atoms with Crippen molar-refractivity contribution in [3.8, 4) is 0 Å². The van der Waals surface area contributed by atoms with Crippen LogP contribution in [-0.2, 0) is 47.8 Å². The van der Waals surface area contributed by atoms with E-state index in [-0.39, 0.29) is 96.8 Å². The number of nitrogens with one attached hydrogen (secondary N) is 1. The third-order valence-electron chi connectivity index (χ3n) is 16.2. The number of Topliss-reactive ketones (excluding diaryl/α,β-unsaturated/α-hetero) is 2. The summed E-state index contributed by atoms with van der Waals surface area (Å²) in [6.45, 7) is 17.7. The highest BCUT2D eigenvalue weighted by Crippen LogP contribution is 2.63. The Bertz CT molecular complexity index is 1870. The molecule has 0 bridgehead atoms. The molecule has 0 spiro atoms. The number of nitrogens with zero attached hydrogens (tertiary/aromatic N) is 4. The van der Waals surface area contributed by atoms with Crippen molar-refractivity contribution in [3.63, 3.8) is 0 Å². The minimum absolute atomic E-state index is 0.0137. The number of carbonyl (C=O) groups is 6. The zero-order chi connectivity index (χ0) is 51.3. The highest BCUT2D eigenvalue weighted by Gasteiger charge is 2.63. The third kappa shape index (κ3) is 14.3. The fourth-order valence-electron chi connectivity index (χ4n) is 11.9. The van der Waals surface area contributed by atoms with Gasteiger partial charge in [0.15, 0.2) is 5.78 Å². The van der Waals surface area contributed by atoms with Gasteiger partial charge in [0.05, 0.1) is 48.8 Å². The first kappa shape index (κ1) is 57.1. The monoisotopic (exact) mass is 980 g/mol. The van der Waals surface area contributed by atoms with Crippen LogP contribution >= 0.6 is 0 Å². The molecule has 5 rings (SSSR count). The lowest BCUT2D eigenvalue weighted by Crippen LogP contribution is -2.54. The quantitative estimate of drug-likeness (QED) is 0.0914. The van der Waals surface area contributed by atoms with Crippen LogP contribution in [0.4, 0.5) is 0 Å². The maximum Gasteiger partial charge on any atom is 0.306 e. The standard InChI is InChI=1S/C55H89N5O10/c1-12-38(6)51(58(9)53(65)42(36(2)3)32-45(61)50(37(4)5)57(8)28-19-23-49(64)70-41-24-26-56-27-25-41)47(67-10)33-48(63)59-29-18-22-44(59)52(68-11)39(7)46(62)35-55(54(66)60-30-16-17-31-69-60)34-43(55)40-20-14-13-15-21-40/h13-15,20-21,36-39,41-44,47,50-52,56H,12,16-19,22-35H2,1-11H3/t38-,39-,42-,43+,44-,47+,50-,51-,52+,55-/m0/s1. The van der Waals surface area contributed by atoms with E-state index in [4.69, 9.17) is 19.0 Å². The highest BCUT2D eigenvalue weighted by atomic mass is 16.7. The zero-order valence-corrected chi connectivity index (χ0v) is 44.6. The Kier molecular flexibility index (Phi) is 21.9. The van der Waals surface area contributed by atoms with Gasteiger partial charge in [-0.15, -0.1) is 0 Å². The summed E-state index contributed by atoms with van der Waals surface area (Å²) in [5.41, 5.74) is 0.138. The van der Waals surface area contributed by atoms with E-state index in [9.17, 15) is 28.8 Å². The molecule has 1 aliphatic carbocycles. The number of likely N-dealkylation sites (tertiary alicyclic amines) is 1. The second-order valence-corrected chi connectivity index (χ2v) is 21.7. The van der Waals surface area contributed by atoms with E-state index in [2.05, 4.69) is 19.2 Å². The number of esters is 1. The smallest absolute Gasteiger partial charge is 0.306 e. The van der Waals surface area contributed by atoms with Crippen molar-refractivity contribution in [1.29, 1.82) is 0 Å². The Balaban J connectivity index is 1.24. The summed E-state index contributed by atoms with van der Waals surface area (Å²) < 4.78 is 18.0. The van der Waals surface area contributed by atoms with Crippen molar-refractivity contribution < 1.29 is 47.8 Å². The number of carbonyl (C=O) groups excluding carboxylic acids is 6. The number of hydroxylamine groups is 2. The van der Waals surface area contributed by atoms with Gasteiger partial charge in [0.1, 0.15) is 11.9 Å². The van der Waals surface area contributed by atoms with Gasteiger partial charge in [-0.2, -0.15) is 0 Å². The second-order valence-electron chi connectivity index (χ2n) is 21.7. The minimum Gasteiger partial charge on any atom is -0.462 e. The van der Waals surface area contributed by atoms with E-state index in [1.165, 1.54) is 5.06 Å². The molecule has 3 heterocycles. The predicted octanol–water partition coefficient (Wildman–Crippen LogP) is 6.86. The van der Waals surface area contributed by atoms with Crippen LogP contribution in [-0.4, -0.2) is 159 Å². The highest BCUT2D eigenvalue weighted by molar-refractivity contribution is 5.94. The van der Waals surface area contributed by atoms with Crippen LogP contribution in [0.15, 0.2) is 30.3 Å². The molecule has 15 heteroatoms. The van der Waals surface area contributed by atoms with Crippen LogP contribution in [0.5, 0.6) is 0 Å². The van der Waals surface area contributed by atoms with Crippen LogP contribution in [0.2, 0.25) is 0 Å². The van der Waals surface area contributed by atoms with Gasteiger partial charge in [0, 0.05) is 65.5 Å². The van der Waals surface area contributed by atoms with E-state index in [0.29, 0.717) is 45.5 Å². The summed E-state index contributed by atoms with van der Waals surface area (Å²) in [5, 5.41) is 4.76. The van der Waals surface area contributed by atoms with E-state index < -0.39 is 41.5 Å². The van der Waals surface area contributed by atoms with Gasteiger partial charge < -0.3 is 29.3 Å². The average molecular weight is 980 g/mol. The SMILES string of the molecule is CC[C@H](C)[C@@H]([C@@H](CC(=O)N1CCC[C@H]1[C@H](OC)[C@@H](C)C(=O)C[C@@]1(C(=O)N2CCCCO2)C[C@@H]1c1ccccc1)OC)N(C)C(=O)[C@@H](CC(=O)[C@H](C(C)C)N(C)CCCC(=O)OC1CCNCC1)C(C)C. The maximum atomic E-state index is 14.7.